The molecule has 2 atom stereocenters. The minimum Gasteiger partial charge on any atom is -0.375 e. The maximum absolute atomic E-state index is 5.68. The van der Waals surface area contributed by atoms with Crippen LogP contribution in [0, 0.1) is 0 Å². The summed E-state index contributed by atoms with van der Waals surface area (Å²) in [6, 6.07) is 0.452. The van der Waals surface area contributed by atoms with Crippen LogP contribution in [-0.4, -0.2) is 30.3 Å². The van der Waals surface area contributed by atoms with Crippen LogP contribution in [0.4, 0.5) is 5.13 Å². The van der Waals surface area contributed by atoms with Gasteiger partial charge in [0.05, 0.1) is 24.4 Å². The second-order valence-electron chi connectivity index (χ2n) is 4.18. The van der Waals surface area contributed by atoms with Crippen LogP contribution in [0.25, 0.3) is 0 Å². The van der Waals surface area contributed by atoms with Gasteiger partial charge in [-0.15, -0.1) is 11.3 Å². The third-order valence-corrected chi connectivity index (χ3v) is 3.86. The summed E-state index contributed by atoms with van der Waals surface area (Å²) in [6.07, 6.45) is 1.37. The van der Waals surface area contributed by atoms with E-state index < -0.39 is 0 Å². The molecule has 90 valence electrons. The van der Waals surface area contributed by atoms with E-state index in [4.69, 9.17) is 10.5 Å². The first-order chi connectivity index (χ1) is 7.74. The zero-order chi connectivity index (χ0) is 11.5. The van der Waals surface area contributed by atoms with Crippen molar-refractivity contribution in [3.63, 3.8) is 0 Å². The fourth-order valence-corrected chi connectivity index (χ4v) is 2.86. The first-order valence-corrected chi connectivity index (χ1v) is 6.65. The highest BCUT2D eigenvalue weighted by Crippen LogP contribution is 2.26. The lowest BCUT2D eigenvalue weighted by Gasteiger charge is -2.38. The third kappa shape index (κ3) is 2.36. The average molecular weight is 241 g/mol. The Morgan fingerprint density at radius 1 is 1.69 bits per heavy atom. The van der Waals surface area contributed by atoms with Crippen LogP contribution in [0.2, 0.25) is 0 Å². The molecule has 16 heavy (non-hydrogen) atoms. The lowest BCUT2D eigenvalue weighted by Crippen LogP contribution is -2.48. The molecule has 0 bridgehead atoms. The summed E-state index contributed by atoms with van der Waals surface area (Å²) >= 11 is 1.68. The number of thiazole rings is 1. The van der Waals surface area contributed by atoms with Crippen molar-refractivity contribution in [1.82, 2.24) is 4.98 Å². The van der Waals surface area contributed by atoms with Crippen LogP contribution in [0.15, 0.2) is 5.38 Å². The minimum atomic E-state index is 0.285. The first-order valence-electron chi connectivity index (χ1n) is 5.77. The van der Waals surface area contributed by atoms with Crippen molar-refractivity contribution in [3.8, 4) is 0 Å². The highest BCUT2D eigenvalue weighted by atomic mass is 32.1. The Labute approximate surface area is 100 Å². The smallest absolute Gasteiger partial charge is 0.185 e. The Morgan fingerprint density at radius 3 is 3.12 bits per heavy atom. The second kappa shape index (κ2) is 5.12. The molecule has 0 spiro atoms. The standard InChI is InChI=1S/C11H19N3OS/c1-3-10-6-15-8(2)5-14(10)11-13-9(4-12)7-16-11/h7-8,10H,3-6,12H2,1-2H3. The van der Waals surface area contributed by atoms with Gasteiger partial charge in [0.2, 0.25) is 0 Å². The molecule has 1 aliphatic heterocycles. The number of nitrogens with zero attached hydrogens (tertiary/aromatic N) is 2. The summed E-state index contributed by atoms with van der Waals surface area (Å²) in [7, 11) is 0. The summed E-state index contributed by atoms with van der Waals surface area (Å²) < 4.78 is 5.68. The second-order valence-corrected chi connectivity index (χ2v) is 5.02. The number of aromatic nitrogens is 1. The molecule has 5 heteroatoms. The van der Waals surface area contributed by atoms with Crippen molar-refractivity contribution >= 4 is 16.5 Å². The maximum Gasteiger partial charge on any atom is 0.185 e. The molecule has 2 rings (SSSR count). The Bertz CT molecular complexity index is 342. The van der Waals surface area contributed by atoms with E-state index in [1.54, 1.807) is 11.3 Å². The van der Waals surface area contributed by atoms with E-state index in [1.807, 2.05) is 5.38 Å². The van der Waals surface area contributed by atoms with Gasteiger partial charge in [-0.2, -0.15) is 0 Å². The van der Waals surface area contributed by atoms with E-state index in [2.05, 4.69) is 23.7 Å². The SMILES string of the molecule is CCC1COC(C)CN1c1nc(CN)cs1. The van der Waals surface area contributed by atoms with Gasteiger partial charge in [-0.1, -0.05) is 6.92 Å². The minimum absolute atomic E-state index is 0.285. The van der Waals surface area contributed by atoms with Crippen molar-refractivity contribution in [3.05, 3.63) is 11.1 Å². The molecule has 1 aliphatic rings. The molecule has 0 aromatic carbocycles. The molecular formula is C11H19N3OS. The van der Waals surface area contributed by atoms with Crippen LogP contribution in [0.5, 0.6) is 0 Å². The molecule has 0 radical (unpaired) electrons. The molecule has 1 aromatic heterocycles. The van der Waals surface area contributed by atoms with Gasteiger partial charge in [0.15, 0.2) is 5.13 Å². The number of hydrogen-bond donors (Lipinski definition) is 1. The predicted molar refractivity (Wildman–Crippen MR) is 66.8 cm³/mol. The lowest BCUT2D eigenvalue weighted by atomic mass is 10.1. The molecule has 0 saturated carbocycles. The van der Waals surface area contributed by atoms with E-state index in [9.17, 15) is 0 Å². The summed E-state index contributed by atoms with van der Waals surface area (Å²) in [5.41, 5.74) is 6.57. The number of anilines is 1. The molecule has 1 fully saturated rings. The Hall–Kier alpha value is -0.650. The van der Waals surface area contributed by atoms with E-state index in [-0.39, 0.29) is 6.10 Å². The van der Waals surface area contributed by atoms with Crippen molar-refractivity contribution < 1.29 is 4.74 Å². The molecule has 2 N–H and O–H groups in total. The molecule has 2 heterocycles. The van der Waals surface area contributed by atoms with E-state index >= 15 is 0 Å². The van der Waals surface area contributed by atoms with Gasteiger partial charge in [-0.25, -0.2) is 4.98 Å². The summed E-state index contributed by atoms with van der Waals surface area (Å²) in [5, 5.41) is 3.13. The largest absolute Gasteiger partial charge is 0.375 e. The first kappa shape index (κ1) is 11.8. The fourth-order valence-electron chi connectivity index (χ4n) is 1.94. The third-order valence-electron chi connectivity index (χ3n) is 2.93. The monoisotopic (exact) mass is 241 g/mol. The molecule has 4 nitrogen and oxygen atoms in total. The van der Waals surface area contributed by atoms with Gasteiger partial charge >= 0.3 is 0 Å². The number of nitrogens with two attached hydrogens (primary N) is 1. The summed E-state index contributed by atoms with van der Waals surface area (Å²) in [6.45, 7) is 6.54. The molecular weight excluding hydrogens is 222 g/mol. The van der Waals surface area contributed by atoms with Gasteiger partial charge in [-0.3, -0.25) is 0 Å². The molecule has 0 amide bonds. The molecule has 1 aromatic rings. The van der Waals surface area contributed by atoms with Crippen LogP contribution in [0.3, 0.4) is 0 Å². The molecule has 0 aliphatic carbocycles. The van der Waals surface area contributed by atoms with E-state index in [0.717, 1.165) is 30.4 Å². The van der Waals surface area contributed by atoms with Gasteiger partial charge in [0, 0.05) is 18.5 Å². The Morgan fingerprint density at radius 2 is 2.50 bits per heavy atom. The Balaban J connectivity index is 2.15. The van der Waals surface area contributed by atoms with Gasteiger partial charge in [0.1, 0.15) is 0 Å². The normalized spacial score (nSPS) is 26.1. The van der Waals surface area contributed by atoms with Gasteiger partial charge in [0.25, 0.3) is 0 Å². The van der Waals surface area contributed by atoms with Crippen molar-refractivity contribution in [2.45, 2.75) is 39.0 Å². The highest BCUT2D eigenvalue weighted by molar-refractivity contribution is 7.13. The van der Waals surface area contributed by atoms with E-state index in [0.29, 0.717) is 12.6 Å². The van der Waals surface area contributed by atoms with Crippen molar-refractivity contribution in [2.24, 2.45) is 5.73 Å². The fraction of sp³-hybridized carbons (Fsp3) is 0.727. The van der Waals surface area contributed by atoms with Gasteiger partial charge < -0.3 is 15.4 Å². The van der Waals surface area contributed by atoms with E-state index in [1.165, 1.54) is 0 Å². The van der Waals surface area contributed by atoms with Crippen molar-refractivity contribution in [2.75, 3.05) is 18.1 Å². The van der Waals surface area contributed by atoms with Crippen LogP contribution in [0.1, 0.15) is 26.0 Å². The number of morpholine rings is 1. The molecule has 1 saturated heterocycles. The zero-order valence-corrected chi connectivity index (χ0v) is 10.7. The zero-order valence-electron chi connectivity index (χ0n) is 9.85. The quantitative estimate of drug-likeness (QED) is 0.873. The van der Waals surface area contributed by atoms with Crippen LogP contribution >= 0.6 is 11.3 Å². The predicted octanol–water partition coefficient (Wildman–Crippen LogP) is 1.61. The van der Waals surface area contributed by atoms with Crippen LogP contribution in [-0.2, 0) is 11.3 Å². The number of rotatable bonds is 3. The topological polar surface area (TPSA) is 51.4 Å². The van der Waals surface area contributed by atoms with Crippen molar-refractivity contribution in [1.29, 1.82) is 0 Å². The lowest BCUT2D eigenvalue weighted by molar-refractivity contribution is 0.0299. The number of ether oxygens (including phenoxy) is 1. The highest BCUT2D eigenvalue weighted by Gasteiger charge is 2.27. The maximum atomic E-state index is 5.68. The average Bonchev–Trinajstić information content (AvgIpc) is 2.77. The summed E-state index contributed by atoms with van der Waals surface area (Å²) in [4.78, 5) is 6.91. The number of hydrogen-bond acceptors (Lipinski definition) is 5. The Kier molecular flexibility index (Phi) is 3.78. The van der Waals surface area contributed by atoms with Crippen LogP contribution < -0.4 is 10.6 Å². The molecule has 2 unspecified atom stereocenters. The van der Waals surface area contributed by atoms with Gasteiger partial charge in [-0.05, 0) is 13.3 Å². The summed E-state index contributed by atoms with van der Waals surface area (Å²) in [5.74, 6) is 0.